The Kier molecular flexibility index (Phi) is 7.84. The zero-order valence-corrected chi connectivity index (χ0v) is 18.7. The van der Waals surface area contributed by atoms with Crippen molar-refractivity contribution in [3.8, 4) is 11.8 Å². The van der Waals surface area contributed by atoms with Gasteiger partial charge in [-0.05, 0) is 19.8 Å². The minimum atomic E-state index is -3.18. The summed E-state index contributed by atoms with van der Waals surface area (Å²) in [7, 11) is 1.35. The quantitative estimate of drug-likeness (QED) is 0.531. The van der Waals surface area contributed by atoms with Crippen molar-refractivity contribution in [2.45, 2.75) is 63.7 Å². The standard InChI is InChI=1S/C21H25F6N3O4/c1-10(28-11(2)31)21(26,27)7-12-4-5-13(8-32-12)34-20-29-18-14(22)6-15(33-9-16(23)24)17(25)19(18)30(20)3/h6,10,12-13,16H,4-5,7-9H2,1-3H3,(H,28,31)/t10-,12-,13+/m0/s1. The maximum atomic E-state index is 14.7. The maximum Gasteiger partial charge on any atom is 0.297 e. The fourth-order valence-corrected chi connectivity index (χ4v) is 3.70. The van der Waals surface area contributed by atoms with Crippen LogP contribution in [0.2, 0.25) is 0 Å². The van der Waals surface area contributed by atoms with Crippen LogP contribution in [-0.4, -0.2) is 59.3 Å². The van der Waals surface area contributed by atoms with Crippen LogP contribution in [0.15, 0.2) is 6.07 Å². The number of alkyl halides is 4. The van der Waals surface area contributed by atoms with Gasteiger partial charge in [0.1, 0.15) is 23.7 Å². The van der Waals surface area contributed by atoms with E-state index in [4.69, 9.17) is 9.47 Å². The van der Waals surface area contributed by atoms with Crippen molar-refractivity contribution in [1.29, 1.82) is 0 Å². The third-order valence-electron chi connectivity index (χ3n) is 5.48. The van der Waals surface area contributed by atoms with Crippen LogP contribution in [0.25, 0.3) is 11.0 Å². The highest BCUT2D eigenvalue weighted by Gasteiger charge is 2.41. The normalized spacial score (nSPS) is 19.9. The highest BCUT2D eigenvalue weighted by atomic mass is 19.3. The van der Waals surface area contributed by atoms with E-state index in [-0.39, 0.29) is 30.1 Å². The Bertz CT molecular complexity index is 1020. The lowest BCUT2D eigenvalue weighted by atomic mass is 9.98. The minimum absolute atomic E-state index is 0.0633. The molecule has 0 aliphatic carbocycles. The van der Waals surface area contributed by atoms with Crippen LogP contribution in [0.5, 0.6) is 11.8 Å². The number of aryl methyl sites for hydroxylation is 1. The number of nitrogens with one attached hydrogen (secondary N) is 1. The lowest BCUT2D eigenvalue weighted by Crippen LogP contribution is -2.47. The van der Waals surface area contributed by atoms with Crippen molar-refractivity contribution in [2.24, 2.45) is 7.05 Å². The Labute approximate surface area is 191 Å². The number of amides is 1. The molecule has 1 aliphatic rings. The first-order valence-corrected chi connectivity index (χ1v) is 10.6. The van der Waals surface area contributed by atoms with E-state index in [1.165, 1.54) is 14.0 Å². The summed E-state index contributed by atoms with van der Waals surface area (Å²) in [6, 6.07) is -0.884. The summed E-state index contributed by atoms with van der Waals surface area (Å²) in [5.41, 5.74) is -0.707. The molecule has 2 aromatic rings. The van der Waals surface area contributed by atoms with E-state index in [9.17, 15) is 31.1 Å². The fraction of sp³-hybridized carbons (Fsp3) is 0.619. The average molecular weight is 497 g/mol. The van der Waals surface area contributed by atoms with Crippen LogP contribution in [0, 0.1) is 11.6 Å². The molecule has 0 radical (unpaired) electrons. The summed E-state index contributed by atoms with van der Waals surface area (Å²) in [4.78, 5) is 15.0. The average Bonchev–Trinajstić information content (AvgIpc) is 3.07. The van der Waals surface area contributed by atoms with Crippen molar-refractivity contribution < 1.29 is 45.3 Å². The molecule has 13 heteroatoms. The zero-order valence-electron chi connectivity index (χ0n) is 18.7. The summed E-state index contributed by atoms with van der Waals surface area (Å²) in [6.45, 7) is 1.20. The molecule has 0 unspecified atom stereocenters. The number of fused-ring (bicyclic) bond motifs is 1. The molecule has 1 aromatic heterocycles. The number of hydrogen-bond donors (Lipinski definition) is 1. The minimum Gasteiger partial charge on any atom is -0.484 e. The molecule has 0 saturated carbocycles. The molecule has 190 valence electrons. The van der Waals surface area contributed by atoms with Crippen molar-refractivity contribution in [2.75, 3.05) is 13.2 Å². The molecular weight excluding hydrogens is 472 g/mol. The topological polar surface area (TPSA) is 74.6 Å². The van der Waals surface area contributed by atoms with Crippen LogP contribution < -0.4 is 14.8 Å². The molecule has 0 spiro atoms. The van der Waals surface area contributed by atoms with Gasteiger partial charge in [-0.2, -0.15) is 4.98 Å². The first kappa shape index (κ1) is 25.9. The summed E-state index contributed by atoms with van der Waals surface area (Å²) in [5.74, 6) is -6.48. The number of carbonyl (C=O) groups excluding carboxylic acids is 1. The van der Waals surface area contributed by atoms with Gasteiger partial charge in [-0.3, -0.25) is 9.36 Å². The Morgan fingerprint density at radius 2 is 2.06 bits per heavy atom. The molecule has 1 amide bonds. The second-order valence-corrected chi connectivity index (χ2v) is 8.18. The molecule has 0 bridgehead atoms. The molecule has 1 N–H and O–H groups in total. The summed E-state index contributed by atoms with van der Waals surface area (Å²) < 4.78 is 99.4. The van der Waals surface area contributed by atoms with Gasteiger partial charge < -0.3 is 19.5 Å². The number of aromatic nitrogens is 2. The number of hydrogen-bond acceptors (Lipinski definition) is 5. The van der Waals surface area contributed by atoms with Crippen molar-refractivity contribution in [3.63, 3.8) is 0 Å². The van der Waals surface area contributed by atoms with Gasteiger partial charge in [0.15, 0.2) is 17.4 Å². The number of ether oxygens (including phenoxy) is 3. The van der Waals surface area contributed by atoms with Crippen molar-refractivity contribution in [3.05, 3.63) is 17.7 Å². The van der Waals surface area contributed by atoms with E-state index in [1.807, 2.05) is 0 Å². The molecule has 2 heterocycles. The van der Waals surface area contributed by atoms with Gasteiger partial charge >= 0.3 is 0 Å². The lowest BCUT2D eigenvalue weighted by molar-refractivity contribution is -0.130. The van der Waals surface area contributed by atoms with Crippen LogP contribution in [0.4, 0.5) is 26.3 Å². The van der Waals surface area contributed by atoms with E-state index >= 15 is 0 Å². The van der Waals surface area contributed by atoms with Crippen LogP contribution in [0.1, 0.15) is 33.1 Å². The third kappa shape index (κ3) is 5.86. The predicted octanol–water partition coefficient (Wildman–Crippen LogP) is 3.97. The molecule has 3 rings (SSSR count). The number of carbonyl (C=O) groups is 1. The van der Waals surface area contributed by atoms with Gasteiger partial charge in [-0.25, -0.2) is 26.3 Å². The molecule has 7 nitrogen and oxygen atoms in total. The lowest BCUT2D eigenvalue weighted by Gasteiger charge is -2.33. The second kappa shape index (κ2) is 10.3. The van der Waals surface area contributed by atoms with Gasteiger partial charge in [0, 0.05) is 26.5 Å². The highest BCUT2D eigenvalue weighted by Crippen LogP contribution is 2.34. The molecule has 3 atom stereocenters. The SMILES string of the molecule is CC(=O)N[C@@H](C)C(F)(F)C[C@@H]1CC[C@@H](Oc2nc3c(F)cc(OCC(F)F)c(F)c3n2C)CO1. The number of benzene rings is 1. The second-order valence-electron chi connectivity index (χ2n) is 8.18. The summed E-state index contributed by atoms with van der Waals surface area (Å²) >= 11 is 0. The highest BCUT2D eigenvalue weighted by molar-refractivity contribution is 5.80. The van der Waals surface area contributed by atoms with E-state index in [0.29, 0.717) is 12.5 Å². The number of imidazole rings is 1. The van der Waals surface area contributed by atoms with E-state index in [1.54, 1.807) is 0 Å². The molecule has 1 fully saturated rings. The molecule has 1 aliphatic heterocycles. The number of halogens is 6. The monoisotopic (exact) mass is 497 g/mol. The number of rotatable bonds is 9. The smallest absolute Gasteiger partial charge is 0.297 e. The molecule has 1 saturated heterocycles. The van der Waals surface area contributed by atoms with Crippen molar-refractivity contribution >= 4 is 16.9 Å². The summed E-state index contributed by atoms with van der Waals surface area (Å²) in [6.07, 6.45) is -4.31. The molecule has 1 aromatic carbocycles. The first-order chi connectivity index (χ1) is 15.9. The maximum absolute atomic E-state index is 14.7. The Hall–Kier alpha value is -2.70. The Morgan fingerprint density at radius 1 is 1.35 bits per heavy atom. The van der Waals surface area contributed by atoms with Gasteiger partial charge in [0.2, 0.25) is 5.91 Å². The van der Waals surface area contributed by atoms with Crippen molar-refractivity contribution in [1.82, 2.24) is 14.9 Å². The van der Waals surface area contributed by atoms with Gasteiger partial charge in [0.25, 0.3) is 18.4 Å². The summed E-state index contributed by atoms with van der Waals surface area (Å²) in [5, 5.41) is 2.17. The largest absolute Gasteiger partial charge is 0.484 e. The zero-order chi connectivity index (χ0) is 25.2. The Morgan fingerprint density at radius 3 is 2.65 bits per heavy atom. The predicted molar refractivity (Wildman–Crippen MR) is 108 cm³/mol. The van der Waals surface area contributed by atoms with Gasteiger partial charge in [-0.15, -0.1) is 0 Å². The van der Waals surface area contributed by atoms with E-state index < -0.39 is 66.9 Å². The van der Waals surface area contributed by atoms with Gasteiger partial charge in [0.05, 0.1) is 18.8 Å². The van der Waals surface area contributed by atoms with Crippen LogP contribution in [0.3, 0.4) is 0 Å². The van der Waals surface area contributed by atoms with Crippen LogP contribution >= 0.6 is 0 Å². The van der Waals surface area contributed by atoms with Gasteiger partial charge in [-0.1, -0.05) is 0 Å². The molecule has 34 heavy (non-hydrogen) atoms. The van der Waals surface area contributed by atoms with Crippen LogP contribution in [-0.2, 0) is 16.6 Å². The fourth-order valence-electron chi connectivity index (χ4n) is 3.70. The molecular formula is C21H25F6N3O4. The van der Waals surface area contributed by atoms with E-state index in [0.717, 1.165) is 11.5 Å². The third-order valence-corrected chi connectivity index (χ3v) is 5.48. The van der Waals surface area contributed by atoms with E-state index in [2.05, 4.69) is 15.0 Å². The first-order valence-electron chi connectivity index (χ1n) is 10.6. The Balaban J connectivity index is 1.66. The number of nitrogens with zero attached hydrogens (tertiary/aromatic N) is 2.